The molecule has 0 atom stereocenters. The molecule has 4 aromatic rings. The topological polar surface area (TPSA) is 213 Å². The zero-order chi connectivity index (χ0) is 22.5. The molecule has 13 heteroatoms. The smallest absolute Gasteiger partial charge is 0.693 e. The first kappa shape index (κ1) is 26.9. The van der Waals surface area contributed by atoms with Crippen LogP contribution in [0.5, 0.6) is 0 Å². The van der Waals surface area contributed by atoms with E-state index in [4.69, 9.17) is 40.5 Å². The van der Waals surface area contributed by atoms with E-state index >= 15 is 0 Å². The molecule has 4 rings (SSSR count). The number of fused-ring (bicyclic) bond motifs is 2. The molecule has 0 aliphatic heterocycles. The molecule has 2 aromatic heterocycles. The Morgan fingerprint density at radius 1 is 0.677 bits per heavy atom. The normalized spacial score (nSPS) is 8.77. The van der Waals surface area contributed by atoms with Crippen molar-refractivity contribution in [2.45, 2.75) is 0 Å². The molecule has 0 amide bonds. The van der Waals surface area contributed by atoms with Crippen LogP contribution in [0.2, 0.25) is 0 Å². The molecule has 0 fully saturated rings. The number of hydrogen-bond donors (Lipinski definition) is 0. The molecular formula is C18H12N4O8Pt. The van der Waals surface area contributed by atoms with Gasteiger partial charge in [-0.3, -0.25) is 0 Å². The number of benzene rings is 2. The van der Waals surface area contributed by atoms with Gasteiger partial charge in [-0.2, -0.15) is 0 Å². The van der Waals surface area contributed by atoms with E-state index in [1.54, 1.807) is 36.4 Å². The van der Waals surface area contributed by atoms with Crippen molar-refractivity contribution in [2.75, 3.05) is 0 Å². The fourth-order valence-corrected chi connectivity index (χ4v) is 2.12. The predicted molar refractivity (Wildman–Crippen MR) is 111 cm³/mol. The van der Waals surface area contributed by atoms with E-state index in [2.05, 4.69) is 0 Å². The fraction of sp³-hybridized carbons (Fsp3) is 0. The molecule has 0 saturated carbocycles. The fourth-order valence-electron chi connectivity index (χ4n) is 2.12. The van der Waals surface area contributed by atoms with Crippen LogP contribution in [0.1, 0.15) is 0 Å². The summed E-state index contributed by atoms with van der Waals surface area (Å²) in [5.74, 6) is 0. The van der Waals surface area contributed by atoms with E-state index < -0.39 is 11.3 Å². The first-order valence-corrected chi connectivity index (χ1v) is 7.76. The van der Waals surface area contributed by atoms with Crippen LogP contribution >= 0.6 is 0 Å². The van der Waals surface area contributed by atoms with Crippen molar-refractivity contribution in [1.82, 2.24) is 0 Å². The molecule has 0 aliphatic carbocycles. The van der Waals surface area contributed by atoms with Gasteiger partial charge < -0.3 is 40.5 Å². The Kier molecular flexibility index (Phi) is 12.2. The number of nitrogens with zero attached hydrogens (tertiary/aromatic N) is 2. The Labute approximate surface area is 187 Å². The summed E-state index contributed by atoms with van der Waals surface area (Å²) in [6, 6.07) is 17.3. The van der Waals surface area contributed by atoms with Gasteiger partial charge in [-0.25, -0.2) is 9.59 Å². The maximum atomic E-state index is 10.9. The molecule has 0 radical (unpaired) electrons. The molecule has 12 nitrogen and oxygen atoms in total. The van der Waals surface area contributed by atoms with Gasteiger partial charge in [0.2, 0.25) is 0 Å². The van der Waals surface area contributed by atoms with Crippen LogP contribution in [0.15, 0.2) is 89.8 Å². The van der Waals surface area contributed by atoms with Crippen molar-refractivity contribution >= 4 is 33.3 Å². The van der Waals surface area contributed by atoms with Crippen molar-refractivity contribution in [2.24, 2.45) is 10.7 Å². The van der Waals surface area contributed by atoms with Crippen LogP contribution in [0.3, 0.4) is 0 Å². The summed E-state index contributed by atoms with van der Waals surface area (Å²) >= 11 is 0. The number of rotatable bonds is 0. The van der Waals surface area contributed by atoms with Crippen LogP contribution in [-0.2, 0) is 21.1 Å². The second-order valence-corrected chi connectivity index (χ2v) is 5.12. The molecule has 0 aliphatic rings. The third kappa shape index (κ3) is 8.46. The van der Waals surface area contributed by atoms with E-state index in [1.165, 1.54) is 12.1 Å². The summed E-state index contributed by atoms with van der Waals surface area (Å²) in [4.78, 5) is 37.8. The molecule has 2 N–H and O–H groups in total. The number of nitrogens with one attached hydrogen (secondary N) is 2. The largest absolute Gasteiger partial charge is 4.00 e. The Bertz CT molecular complexity index is 1150. The van der Waals surface area contributed by atoms with Crippen LogP contribution in [0, 0.1) is 20.2 Å². The van der Waals surface area contributed by atoms with E-state index in [1.807, 2.05) is 12.1 Å². The molecule has 162 valence electrons. The molecule has 0 saturated heterocycles. The third-order valence-electron chi connectivity index (χ3n) is 3.28. The van der Waals surface area contributed by atoms with Crippen LogP contribution < -0.4 is 11.3 Å². The molecule has 0 spiro atoms. The molecule has 31 heavy (non-hydrogen) atoms. The Balaban J connectivity index is 0.000000453. The van der Waals surface area contributed by atoms with Gasteiger partial charge in [-0.15, -0.1) is 10.7 Å². The molecule has 0 unspecified atom stereocenters. The minimum atomic E-state index is -0.589. The van der Waals surface area contributed by atoms with Gasteiger partial charge in [0, 0.05) is 10.8 Å². The SMILES string of the molecule is O=N[O-].O=N[O-].[NH-]c1cc2ccccc2oc1=O.[NH-]c1cc2ccccc2oc1=O.[Pt+4]. The minimum Gasteiger partial charge on any atom is -0.693 e. The number of para-hydroxylation sites is 2. The van der Waals surface area contributed by atoms with Gasteiger partial charge in [-0.05, 0) is 12.1 Å². The van der Waals surface area contributed by atoms with Crippen molar-refractivity contribution in [3.63, 3.8) is 0 Å². The summed E-state index contributed by atoms with van der Waals surface area (Å²) in [7, 11) is 0. The van der Waals surface area contributed by atoms with Gasteiger partial charge in [-0.1, -0.05) is 59.9 Å². The molecular weight excluding hydrogens is 595 g/mol. The van der Waals surface area contributed by atoms with Gasteiger partial charge in [0.25, 0.3) is 0 Å². The Morgan fingerprint density at radius 2 is 0.968 bits per heavy atom. The zero-order valence-corrected chi connectivity index (χ0v) is 17.5. The van der Waals surface area contributed by atoms with E-state index in [9.17, 15) is 9.59 Å². The van der Waals surface area contributed by atoms with Gasteiger partial charge >= 0.3 is 32.3 Å². The zero-order valence-electron chi connectivity index (χ0n) is 15.3. The van der Waals surface area contributed by atoms with Crippen molar-refractivity contribution < 1.29 is 29.9 Å². The van der Waals surface area contributed by atoms with Crippen LogP contribution in [-0.4, -0.2) is 0 Å². The van der Waals surface area contributed by atoms with Crippen LogP contribution in [0.4, 0.5) is 11.4 Å². The second-order valence-electron chi connectivity index (χ2n) is 5.12. The summed E-state index contributed by atoms with van der Waals surface area (Å²) < 4.78 is 9.70. The maximum absolute atomic E-state index is 10.9. The summed E-state index contributed by atoms with van der Waals surface area (Å²) in [5, 5.41) is 19.6. The van der Waals surface area contributed by atoms with Crippen molar-refractivity contribution in [3.8, 4) is 0 Å². The Hall–Kier alpha value is -4.05. The predicted octanol–water partition coefficient (Wildman–Crippen LogP) is 5.45. The molecule has 0 bridgehead atoms. The standard InChI is InChI=1S/2C9H6NO2.2HNO2.Pt/c2*10-7-5-6-3-1-2-4-8(6)12-9(7)11;2*2-1-3;/h2*1-5,10H;2*(H,2,3);/q2*-1;;;+4/p-2. The van der Waals surface area contributed by atoms with Crippen molar-refractivity contribution in [1.29, 1.82) is 0 Å². The average molecular weight is 607 g/mol. The average Bonchev–Trinajstić information content (AvgIpc) is 2.71. The van der Waals surface area contributed by atoms with E-state index in [-0.39, 0.29) is 32.4 Å². The monoisotopic (exact) mass is 607 g/mol. The summed E-state index contributed by atoms with van der Waals surface area (Å²) in [5.41, 5.74) is 14.1. The van der Waals surface area contributed by atoms with Crippen molar-refractivity contribution in [3.05, 3.63) is 113 Å². The summed E-state index contributed by atoms with van der Waals surface area (Å²) in [6.45, 7) is 0. The van der Waals surface area contributed by atoms with Gasteiger partial charge in [0.05, 0.1) is 0 Å². The van der Waals surface area contributed by atoms with E-state index in [0.29, 0.717) is 11.2 Å². The van der Waals surface area contributed by atoms with E-state index in [0.717, 1.165) is 21.5 Å². The maximum Gasteiger partial charge on any atom is 4.00 e. The molecule has 2 aromatic carbocycles. The second kappa shape index (κ2) is 14.0. The summed E-state index contributed by atoms with van der Waals surface area (Å²) in [6.07, 6.45) is 0. The Morgan fingerprint density at radius 3 is 1.29 bits per heavy atom. The van der Waals surface area contributed by atoms with Gasteiger partial charge in [0.15, 0.2) is 0 Å². The first-order valence-electron chi connectivity index (χ1n) is 7.76. The van der Waals surface area contributed by atoms with Crippen LogP contribution in [0.25, 0.3) is 33.4 Å². The third-order valence-corrected chi connectivity index (χ3v) is 3.28. The first-order chi connectivity index (χ1) is 14.4. The minimum absolute atomic E-state index is 0. The number of hydrogen-bond acceptors (Lipinski definition) is 10. The molecule has 2 heterocycles. The quantitative estimate of drug-likeness (QED) is 0.142. The van der Waals surface area contributed by atoms with Gasteiger partial charge in [0.1, 0.15) is 11.2 Å².